The van der Waals surface area contributed by atoms with Gasteiger partial charge >= 0.3 is 5.97 Å². The highest BCUT2D eigenvalue weighted by molar-refractivity contribution is 8.08. The molecule has 0 spiro atoms. The standard InChI is InChI=1S/C25H53B15N2O2/c26-35(27)39(36(28)29)34(40(37(30)31)38(32)33)21-9-5-18(6-10-21)16-1-3-17(4-2-16)19-7-11-24(12-8-19)44-25(43)20-13-22(41)15-23(42)14-20/h13-19,21,24H,1-12,26-33,41-42H2. The minimum Gasteiger partial charge on any atom is -0.459 e. The Morgan fingerprint density at radius 1 is 0.568 bits per heavy atom. The highest BCUT2D eigenvalue weighted by Crippen LogP contribution is 2.47. The largest absolute Gasteiger partial charge is 0.459 e. The van der Waals surface area contributed by atoms with Gasteiger partial charge in [0.1, 0.15) is 6.10 Å². The molecule has 3 aliphatic carbocycles. The van der Waals surface area contributed by atoms with Gasteiger partial charge in [-0.2, -0.15) is 0 Å². The van der Waals surface area contributed by atoms with Gasteiger partial charge in [-0.05, 0) is 93.2 Å². The number of hydrogen-bond donors (Lipinski definition) is 2. The fourth-order valence-corrected chi connectivity index (χ4v) is 11.0. The van der Waals surface area contributed by atoms with E-state index in [9.17, 15) is 4.79 Å². The molecule has 0 radical (unpaired) electrons. The summed E-state index contributed by atoms with van der Waals surface area (Å²) in [7, 11) is 20.0. The third-order valence-corrected chi connectivity index (χ3v) is 12.7. The molecule has 0 bridgehead atoms. The first kappa shape index (κ1) is 36.1. The van der Waals surface area contributed by atoms with Crippen LogP contribution in [0.3, 0.4) is 0 Å². The molecule has 0 heterocycles. The van der Waals surface area contributed by atoms with Crippen molar-refractivity contribution < 1.29 is 9.53 Å². The summed E-state index contributed by atoms with van der Waals surface area (Å²) in [6, 6.07) is 4.99. The molecule has 3 saturated carbocycles. The SMILES string of the molecule is BB(B)B(B(B)B)B(B(B(B)B)B(B)B)C1CCC(C2CCC(C3CCC(OC(=O)c4cc(N)cc(N)c4)CC3)CC2)CC1. The van der Waals surface area contributed by atoms with Gasteiger partial charge in [-0.25, -0.2) is 4.79 Å². The molecule has 1 aromatic rings. The number of benzene rings is 1. The van der Waals surface area contributed by atoms with E-state index < -0.39 is 0 Å². The van der Waals surface area contributed by atoms with Crippen molar-refractivity contribution in [2.45, 2.75) is 89.0 Å². The Hall–Kier alpha value is -0.736. The Labute approximate surface area is 280 Å². The summed E-state index contributed by atoms with van der Waals surface area (Å²) in [6.45, 7) is 0.866. The number of nitrogen functional groups attached to an aromatic ring is 2. The number of rotatable bonds is 11. The van der Waals surface area contributed by atoms with Crippen molar-refractivity contribution in [1.82, 2.24) is 0 Å². The van der Waals surface area contributed by atoms with E-state index in [1.165, 1.54) is 64.2 Å². The van der Waals surface area contributed by atoms with Crippen LogP contribution in [-0.4, -0.2) is 119 Å². The lowest BCUT2D eigenvalue weighted by Gasteiger charge is -2.46. The van der Waals surface area contributed by atoms with E-state index in [1.54, 1.807) is 18.2 Å². The Bertz CT molecular complexity index is 1010. The molecule has 0 saturated heterocycles. The summed E-state index contributed by atoms with van der Waals surface area (Å²) in [5, 5.41) is 0. The highest BCUT2D eigenvalue weighted by Gasteiger charge is 2.47. The first-order valence-corrected chi connectivity index (χ1v) is 18.7. The number of nitrogens with two attached hydrogens (primary N) is 2. The van der Waals surface area contributed by atoms with Gasteiger partial charge in [-0.15, -0.1) is 0 Å². The van der Waals surface area contributed by atoms with Gasteiger partial charge in [-0.3, -0.25) is 0 Å². The average molecular weight is 576 g/mol. The van der Waals surface area contributed by atoms with E-state index in [4.69, 9.17) is 16.2 Å². The molecule has 4 rings (SSSR count). The minimum absolute atomic E-state index is 0.0220. The minimum atomic E-state index is -0.290. The molecule has 44 heavy (non-hydrogen) atoms. The highest BCUT2D eigenvalue weighted by atomic mass is 16.5. The molecule has 0 aromatic heterocycles. The van der Waals surface area contributed by atoms with Crippen LogP contribution in [0, 0.1) is 23.7 Å². The number of ether oxygens (including phenoxy) is 1. The monoisotopic (exact) mass is 579 g/mol. The van der Waals surface area contributed by atoms with Gasteiger partial charge < -0.3 is 16.2 Å². The molecule has 4 nitrogen and oxygen atoms in total. The smallest absolute Gasteiger partial charge is 0.338 e. The molecule has 1 aromatic carbocycles. The number of hydrogen-bond acceptors (Lipinski definition) is 4. The molecule has 0 unspecified atom stereocenters. The molecule has 3 fully saturated rings. The summed E-state index contributed by atoms with van der Waals surface area (Å²) >= 11 is 0. The van der Waals surface area contributed by atoms with Crippen LogP contribution in [0.25, 0.3) is 0 Å². The summed E-state index contributed by atoms with van der Waals surface area (Å²) < 4.78 is 5.88. The van der Waals surface area contributed by atoms with Gasteiger partial charge in [0.25, 0.3) is 0 Å². The summed E-state index contributed by atoms with van der Waals surface area (Å²) in [5.74, 6) is 4.20. The quantitative estimate of drug-likeness (QED) is 0.160. The maximum atomic E-state index is 12.7. The lowest BCUT2D eigenvalue weighted by molar-refractivity contribution is 0.0101. The summed E-state index contributed by atoms with van der Waals surface area (Å²) in [5.41, 5.74) is 13.2. The molecule has 4 N–H and O–H groups in total. The van der Waals surface area contributed by atoms with Gasteiger partial charge in [-0.1, -0.05) is 31.5 Å². The van der Waals surface area contributed by atoms with Crippen LogP contribution in [0.5, 0.6) is 0 Å². The van der Waals surface area contributed by atoms with E-state index >= 15 is 0 Å². The van der Waals surface area contributed by atoms with Crippen LogP contribution in [0.1, 0.15) is 87.4 Å². The first-order valence-electron chi connectivity index (χ1n) is 18.7. The zero-order chi connectivity index (χ0) is 32.1. The fraction of sp³-hybridized carbons (Fsp3) is 0.720. The van der Waals surface area contributed by atoms with E-state index in [1.807, 2.05) is 0 Å². The molecule has 0 aliphatic heterocycles. The fourth-order valence-electron chi connectivity index (χ4n) is 11.0. The predicted molar refractivity (Wildman–Crippen MR) is 226 cm³/mol. The third-order valence-electron chi connectivity index (χ3n) is 12.7. The second-order valence-corrected chi connectivity index (χ2v) is 16.9. The Balaban J connectivity index is 1.25. The second-order valence-electron chi connectivity index (χ2n) is 16.9. The third kappa shape index (κ3) is 9.20. The zero-order valence-corrected chi connectivity index (χ0v) is 29.7. The number of carbonyl (C=O) groups is 1. The van der Waals surface area contributed by atoms with E-state index in [2.05, 4.69) is 61.9 Å². The lowest BCUT2D eigenvalue weighted by atomic mass is 8.47. The maximum Gasteiger partial charge on any atom is 0.338 e. The Kier molecular flexibility index (Phi) is 13.4. The van der Waals surface area contributed by atoms with Crippen LogP contribution < -0.4 is 11.5 Å². The average Bonchev–Trinajstić information content (AvgIpc) is 2.96. The molecular formula is C25H53B15N2O2. The van der Waals surface area contributed by atoms with Crippen LogP contribution in [0.4, 0.5) is 11.4 Å². The summed E-state index contributed by atoms with van der Waals surface area (Å²) in [6.07, 6.45) is 20.7. The zero-order valence-electron chi connectivity index (χ0n) is 29.7. The van der Waals surface area contributed by atoms with Crippen LogP contribution in [-0.2, 0) is 4.74 Å². The normalized spacial score (nSPS) is 27.0. The summed E-state index contributed by atoms with van der Waals surface area (Å²) in [4.78, 5) is 12.7. The van der Waals surface area contributed by atoms with Crippen molar-refractivity contribution in [1.29, 1.82) is 0 Å². The Morgan fingerprint density at radius 3 is 1.27 bits per heavy atom. The lowest BCUT2D eigenvalue weighted by Crippen LogP contribution is -2.75. The van der Waals surface area contributed by atoms with E-state index in [0.717, 1.165) is 87.1 Å². The van der Waals surface area contributed by atoms with E-state index in [0.29, 0.717) is 16.9 Å². The van der Waals surface area contributed by atoms with E-state index in [-0.39, 0.29) is 12.1 Å². The van der Waals surface area contributed by atoms with Gasteiger partial charge in [0.05, 0.1) is 67.5 Å². The second kappa shape index (κ2) is 16.4. The van der Waals surface area contributed by atoms with Crippen molar-refractivity contribution in [3.8, 4) is 0 Å². The van der Waals surface area contributed by atoms with Crippen molar-refractivity contribution >= 4 is 124 Å². The molecule has 0 amide bonds. The van der Waals surface area contributed by atoms with Crippen molar-refractivity contribution in [3.63, 3.8) is 0 Å². The van der Waals surface area contributed by atoms with Gasteiger partial charge in [0.2, 0.25) is 0 Å². The number of anilines is 2. The van der Waals surface area contributed by atoms with Gasteiger partial charge in [0, 0.05) is 56.2 Å². The van der Waals surface area contributed by atoms with Gasteiger partial charge in [0.15, 0.2) is 0 Å². The number of esters is 1. The molecular weight excluding hydrogens is 522 g/mol. The molecule has 3 aliphatic rings. The molecule has 0 atom stereocenters. The molecule has 220 valence electrons. The van der Waals surface area contributed by atoms with Crippen LogP contribution in [0.15, 0.2) is 18.2 Å². The Morgan fingerprint density at radius 2 is 0.909 bits per heavy atom. The molecule has 19 heteroatoms. The van der Waals surface area contributed by atoms with Crippen molar-refractivity contribution in [2.24, 2.45) is 23.7 Å². The van der Waals surface area contributed by atoms with Crippen LogP contribution in [0.2, 0.25) is 5.82 Å². The van der Waals surface area contributed by atoms with Crippen molar-refractivity contribution in [3.05, 3.63) is 23.8 Å². The number of carbonyl (C=O) groups excluding carboxylic acids is 1. The predicted octanol–water partition coefficient (Wildman–Crippen LogP) is -4.09. The van der Waals surface area contributed by atoms with Crippen molar-refractivity contribution in [2.75, 3.05) is 11.5 Å². The topological polar surface area (TPSA) is 78.3 Å². The van der Waals surface area contributed by atoms with Crippen LogP contribution >= 0.6 is 0 Å². The maximum absolute atomic E-state index is 12.7. The first-order chi connectivity index (χ1) is 20.8.